The van der Waals surface area contributed by atoms with Gasteiger partial charge in [-0.15, -0.1) is 11.3 Å². The minimum absolute atomic E-state index is 0.0195. The molecule has 5 nitrogen and oxygen atoms in total. The maximum atomic E-state index is 10.6. The molecule has 112 valence electrons. The van der Waals surface area contributed by atoms with Gasteiger partial charge in [-0.1, -0.05) is 12.1 Å². The fraction of sp³-hybridized carbons (Fsp3) is 0.333. The number of benzene rings is 1. The average molecular weight is 307 g/mol. The van der Waals surface area contributed by atoms with Gasteiger partial charge in [-0.2, -0.15) is 0 Å². The van der Waals surface area contributed by atoms with Gasteiger partial charge in [-0.25, -0.2) is 4.98 Å². The van der Waals surface area contributed by atoms with E-state index in [0.29, 0.717) is 25.4 Å². The molecule has 0 aliphatic heterocycles. The lowest BCUT2D eigenvalue weighted by Crippen LogP contribution is -2.03. The van der Waals surface area contributed by atoms with Crippen LogP contribution in [0.5, 0.6) is 11.5 Å². The van der Waals surface area contributed by atoms with Gasteiger partial charge < -0.3 is 14.6 Å². The zero-order valence-electron chi connectivity index (χ0n) is 11.7. The SMILES string of the molecule is CCOc1ccccc1OCCc1ncc(CC(=O)O)s1. The van der Waals surface area contributed by atoms with Crippen LogP contribution in [0, 0.1) is 0 Å². The van der Waals surface area contributed by atoms with Gasteiger partial charge >= 0.3 is 5.97 Å². The van der Waals surface area contributed by atoms with E-state index >= 15 is 0 Å². The van der Waals surface area contributed by atoms with Crippen molar-refractivity contribution in [1.29, 1.82) is 0 Å². The third kappa shape index (κ3) is 4.75. The smallest absolute Gasteiger partial charge is 0.308 e. The van der Waals surface area contributed by atoms with E-state index in [1.54, 1.807) is 6.20 Å². The summed E-state index contributed by atoms with van der Waals surface area (Å²) in [5, 5.41) is 9.60. The van der Waals surface area contributed by atoms with Crippen LogP contribution < -0.4 is 9.47 Å². The molecule has 0 saturated carbocycles. The zero-order chi connectivity index (χ0) is 15.1. The van der Waals surface area contributed by atoms with Crippen LogP contribution in [-0.2, 0) is 17.6 Å². The molecule has 6 heteroatoms. The fourth-order valence-electron chi connectivity index (χ4n) is 1.79. The summed E-state index contributed by atoms with van der Waals surface area (Å²) >= 11 is 1.41. The largest absolute Gasteiger partial charge is 0.490 e. The molecule has 0 unspecified atom stereocenters. The predicted molar refractivity (Wildman–Crippen MR) is 80.3 cm³/mol. The normalized spacial score (nSPS) is 10.3. The Bertz CT molecular complexity index is 597. The summed E-state index contributed by atoms with van der Waals surface area (Å²) in [6.07, 6.45) is 2.28. The van der Waals surface area contributed by atoms with E-state index in [1.165, 1.54) is 11.3 Å². The number of hydrogen-bond acceptors (Lipinski definition) is 5. The number of aromatic nitrogens is 1. The van der Waals surface area contributed by atoms with Gasteiger partial charge in [0.1, 0.15) is 0 Å². The minimum Gasteiger partial charge on any atom is -0.490 e. The highest BCUT2D eigenvalue weighted by atomic mass is 32.1. The molecule has 2 aromatic rings. The van der Waals surface area contributed by atoms with Gasteiger partial charge in [0.05, 0.1) is 24.6 Å². The lowest BCUT2D eigenvalue weighted by Gasteiger charge is -2.10. The number of carbonyl (C=O) groups is 1. The summed E-state index contributed by atoms with van der Waals surface area (Å²) in [5.74, 6) is 0.597. The zero-order valence-corrected chi connectivity index (χ0v) is 12.6. The van der Waals surface area contributed by atoms with Gasteiger partial charge in [0.2, 0.25) is 0 Å². The van der Waals surface area contributed by atoms with Crippen molar-refractivity contribution in [1.82, 2.24) is 4.98 Å². The Morgan fingerprint density at radius 2 is 2.00 bits per heavy atom. The van der Waals surface area contributed by atoms with Crippen LogP contribution in [0.3, 0.4) is 0 Å². The van der Waals surface area contributed by atoms with Gasteiger partial charge in [0.25, 0.3) is 0 Å². The number of nitrogens with zero attached hydrogens (tertiary/aromatic N) is 1. The van der Waals surface area contributed by atoms with Crippen molar-refractivity contribution in [3.05, 3.63) is 40.3 Å². The summed E-state index contributed by atoms with van der Waals surface area (Å²) < 4.78 is 11.2. The van der Waals surface area contributed by atoms with Gasteiger partial charge in [-0.3, -0.25) is 4.79 Å². The lowest BCUT2D eigenvalue weighted by atomic mass is 10.3. The summed E-state index contributed by atoms with van der Waals surface area (Å²) in [6, 6.07) is 7.53. The first-order valence-electron chi connectivity index (χ1n) is 6.69. The summed E-state index contributed by atoms with van der Waals surface area (Å²) in [4.78, 5) is 15.6. The molecule has 0 bridgehead atoms. The Hall–Kier alpha value is -2.08. The average Bonchev–Trinajstić information content (AvgIpc) is 2.88. The van der Waals surface area contributed by atoms with E-state index in [1.807, 2.05) is 31.2 Å². The molecule has 0 amide bonds. The monoisotopic (exact) mass is 307 g/mol. The molecule has 0 aliphatic carbocycles. The second-order valence-electron chi connectivity index (χ2n) is 4.27. The quantitative estimate of drug-likeness (QED) is 0.812. The molecule has 1 heterocycles. The molecule has 21 heavy (non-hydrogen) atoms. The Morgan fingerprint density at radius 3 is 2.67 bits per heavy atom. The third-order valence-corrected chi connectivity index (χ3v) is 3.71. The lowest BCUT2D eigenvalue weighted by molar-refractivity contribution is -0.136. The first-order valence-corrected chi connectivity index (χ1v) is 7.50. The Kier molecular flexibility index (Phi) is 5.57. The topological polar surface area (TPSA) is 68.7 Å². The van der Waals surface area contributed by atoms with E-state index in [0.717, 1.165) is 15.6 Å². The molecule has 0 radical (unpaired) electrons. The van der Waals surface area contributed by atoms with Crippen LogP contribution in [0.15, 0.2) is 30.5 Å². The predicted octanol–water partition coefficient (Wildman–Crippen LogP) is 2.79. The summed E-state index contributed by atoms with van der Waals surface area (Å²) in [5.41, 5.74) is 0. The maximum absolute atomic E-state index is 10.6. The first kappa shape index (κ1) is 15.3. The van der Waals surface area contributed by atoms with Crippen LogP contribution in [0.4, 0.5) is 0 Å². The fourth-order valence-corrected chi connectivity index (χ4v) is 2.68. The van der Waals surface area contributed by atoms with Crippen molar-refractivity contribution in [2.45, 2.75) is 19.8 Å². The highest BCUT2D eigenvalue weighted by Gasteiger charge is 2.07. The number of carboxylic acids is 1. The minimum atomic E-state index is -0.841. The van der Waals surface area contributed by atoms with E-state index in [2.05, 4.69) is 4.98 Å². The number of hydrogen-bond donors (Lipinski definition) is 1. The van der Waals surface area contributed by atoms with Crippen molar-refractivity contribution in [3.8, 4) is 11.5 Å². The van der Waals surface area contributed by atoms with Crippen molar-refractivity contribution >= 4 is 17.3 Å². The van der Waals surface area contributed by atoms with E-state index in [9.17, 15) is 4.79 Å². The molecular formula is C15H17NO4S. The van der Waals surface area contributed by atoms with Crippen LogP contribution in [-0.4, -0.2) is 29.3 Å². The Labute approximate surface area is 127 Å². The number of carboxylic acid groups (broad SMARTS) is 1. The van der Waals surface area contributed by atoms with Gasteiger partial charge in [0.15, 0.2) is 11.5 Å². The molecule has 0 atom stereocenters. The van der Waals surface area contributed by atoms with Crippen molar-refractivity contribution < 1.29 is 19.4 Å². The van der Waals surface area contributed by atoms with Crippen LogP contribution in [0.25, 0.3) is 0 Å². The molecule has 1 aromatic carbocycles. The molecular weight excluding hydrogens is 290 g/mol. The molecule has 0 saturated heterocycles. The van der Waals surface area contributed by atoms with Crippen LogP contribution >= 0.6 is 11.3 Å². The van der Waals surface area contributed by atoms with Crippen LogP contribution in [0.1, 0.15) is 16.8 Å². The van der Waals surface area contributed by atoms with Crippen LogP contribution in [0.2, 0.25) is 0 Å². The Balaban J connectivity index is 1.86. The summed E-state index contributed by atoms with van der Waals surface area (Å²) in [7, 11) is 0. The van der Waals surface area contributed by atoms with E-state index in [4.69, 9.17) is 14.6 Å². The molecule has 0 fully saturated rings. The van der Waals surface area contributed by atoms with Crippen molar-refractivity contribution in [2.75, 3.05) is 13.2 Å². The van der Waals surface area contributed by atoms with Gasteiger partial charge in [-0.05, 0) is 19.1 Å². The molecule has 0 aliphatic rings. The molecule has 2 rings (SSSR count). The highest BCUT2D eigenvalue weighted by Crippen LogP contribution is 2.26. The summed E-state index contributed by atoms with van der Waals surface area (Å²) in [6.45, 7) is 2.99. The number of para-hydroxylation sites is 2. The highest BCUT2D eigenvalue weighted by molar-refractivity contribution is 7.11. The molecule has 0 spiro atoms. The third-order valence-electron chi connectivity index (χ3n) is 2.65. The first-order chi connectivity index (χ1) is 10.2. The maximum Gasteiger partial charge on any atom is 0.308 e. The standard InChI is InChI=1S/C15H17NO4S/c1-2-19-12-5-3-4-6-13(12)20-8-7-14-16-10-11(21-14)9-15(17)18/h3-6,10H,2,7-9H2,1H3,(H,17,18). The van der Waals surface area contributed by atoms with Crippen molar-refractivity contribution in [2.24, 2.45) is 0 Å². The van der Waals surface area contributed by atoms with E-state index < -0.39 is 5.97 Å². The number of ether oxygens (including phenoxy) is 2. The Morgan fingerprint density at radius 1 is 1.29 bits per heavy atom. The number of aliphatic carboxylic acids is 1. The van der Waals surface area contributed by atoms with Gasteiger partial charge in [0, 0.05) is 17.5 Å². The molecule has 1 N–H and O–H groups in total. The number of thiazole rings is 1. The second-order valence-corrected chi connectivity index (χ2v) is 5.47. The van der Waals surface area contributed by atoms with E-state index in [-0.39, 0.29) is 6.42 Å². The number of rotatable bonds is 8. The van der Waals surface area contributed by atoms with Crippen molar-refractivity contribution in [3.63, 3.8) is 0 Å². The molecule has 1 aromatic heterocycles. The second kappa shape index (κ2) is 7.64.